The predicted octanol–water partition coefficient (Wildman–Crippen LogP) is 1.74. The minimum Gasteiger partial charge on any atom is -0.392 e. The second-order valence-electron chi connectivity index (χ2n) is 4.40. The molecule has 0 unspecified atom stereocenters. The summed E-state index contributed by atoms with van der Waals surface area (Å²) in [5, 5.41) is 9.19. The highest BCUT2D eigenvalue weighted by molar-refractivity contribution is 4.84. The Morgan fingerprint density at radius 3 is 2.23 bits per heavy atom. The van der Waals surface area contributed by atoms with Gasteiger partial charge in [0.25, 0.3) is 0 Å². The summed E-state index contributed by atoms with van der Waals surface area (Å²) in [6, 6.07) is 0. The standard InChI is InChI=1S/C11H23NO/c1-4-10(5-2)11-7-12(8-11)6-9(3)13/h9-11,13H,4-8H2,1-3H3/t9-/m1/s1. The van der Waals surface area contributed by atoms with Gasteiger partial charge in [-0.05, 0) is 18.8 Å². The zero-order valence-electron chi connectivity index (χ0n) is 9.16. The molecule has 0 amide bonds. The van der Waals surface area contributed by atoms with Crippen LogP contribution in [0.2, 0.25) is 0 Å². The van der Waals surface area contributed by atoms with Gasteiger partial charge in [-0.1, -0.05) is 26.7 Å². The van der Waals surface area contributed by atoms with Crippen LogP contribution >= 0.6 is 0 Å². The molecular formula is C11H23NO. The van der Waals surface area contributed by atoms with Crippen LogP contribution in [0.5, 0.6) is 0 Å². The van der Waals surface area contributed by atoms with Crippen molar-refractivity contribution in [3.63, 3.8) is 0 Å². The zero-order valence-corrected chi connectivity index (χ0v) is 9.16. The molecule has 1 aliphatic rings. The first-order chi connectivity index (χ1) is 6.17. The molecule has 0 aromatic carbocycles. The van der Waals surface area contributed by atoms with Crippen molar-refractivity contribution in [2.45, 2.75) is 39.7 Å². The molecule has 78 valence electrons. The Morgan fingerprint density at radius 1 is 1.31 bits per heavy atom. The van der Waals surface area contributed by atoms with Crippen LogP contribution in [-0.4, -0.2) is 35.7 Å². The fraction of sp³-hybridized carbons (Fsp3) is 1.00. The number of likely N-dealkylation sites (tertiary alicyclic amines) is 1. The summed E-state index contributed by atoms with van der Waals surface area (Å²) >= 11 is 0. The van der Waals surface area contributed by atoms with E-state index in [2.05, 4.69) is 18.7 Å². The van der Waals surface area contributed by atoms with Crippen LogP contribution in [0, 0.1) is 11.8 Å². The molecule has 0 spiro atoms. The van der Waals surface area contributed by atoms with Crippen LogP contribution in [0.3, 0.4) is 0 Å². The molecule has 1 rings (SSSR count). The number of aliphatic hydroxyl groups excluding tert-OH is 1. The summed E-state index contributed by atoms with van der Waals surface area (Å²) in [4.78, 5) is 2.35. The smallest absolute Gasteiger partial charge is 0.0639 e. The van der Waals surface area contributed by atoms with E-state index in [4.69, 9.17) is 0 Å². The number of rotatable bonds is 5. The first kappa shape index (κ1) is 11.0. The zero-order chi connectivity index (χ0) is 9.84. The molecule has 2 nitrogen and oxygen atoms in total. The molecular weight excluding hydrogens is 162 g/mol. The first-order valence-electron chi connectivity index (χ1n) is 5.57. The van der Waals surface area contributed by atoms with E-state index in [1.54, 1.807) is 0 Å². The molecule has 0 aromatic rings. The summed E-state index contributed by atoms with van der Waals surface area (Å²) in [5.41, 5.74) is 0. The van der Waals surface area contributed by atoms with Crippen LogP contribution in [0.25, 0.3) is 0 Å². The highest BCUT2D eigenvalue weighted by atomic mass is 16.3. The van der Waals surface area contributed by atoms with E-state index in [0.717, 1.165) is 18.4 Å². The molecule has 0 radical (unpaired) electrons. The normalized spacial score (nSPS) is 21.9. The van der Waals surface area contributed by atoms with Crippen LogP contribution in [0.4, 0.5) is 0 Å². The van der Waals surface area contributed by atoms with Gasteiger partial charge in [0.15, 0.2) is 0 Å². The van der Waals surface area contributed by atoms with Crippen LogP contribution in [0.1, 0.15) is 33.6 Å². The van der Waals surface area contributed by atoms with E-state index < -0.39 is 0 Å². The second kappa shape index (κ2) is 4.97. The van der Waals surface area contributed by atoms with Gasteiger partial charge in [0.2, 0.25) is 0 Å². The largest absolute Gasteiger partial charge is 0.392 e. The molecule has 1 N–H and O–H groups in total. The molecule has 1 saturated heterocycles. The second-order valence-corrected chi connectivity index (χ2v) is 4.40. The maximum absolute atomic E-state index is 9.19. The molecule has 0 saturated carbocycles. The third-order valence-electron chi connectivity index (χ3n) is 3.22. The maximum Gasteiger partial charge on any atom is 0.0639 e. The Kier molecular flexibility index (Phi) is 4.20. The van der Waals surface area contributed by atoms with Gasteiger partial charge in [0.1, 0.15) is 0 Å². The van der Waals surface area contributed by atoms with E-state index >= 15 is 0 Å². The molecule has 1 atom stereocenters. The first-order valence-corrected chi connectivity index (χ1v) is 5.57. The monoisotopic (exact) mass is 185 g/mol. The van der Waals surface area contributed by atoms with Crippen molar-refractivity contribution in [3.05, 3.63) is 0 Å². The van der Waals surface area contributed by atoms with Gasteiger partial charge >= 0.3 is 0 Å². The van der Waals surface area contributed by atoms with Gasteiger partial charge in [0, 0.05) is 19.6 Å². The Hall–Kier alpha value is -0.0800. The van der Waals surface area contributed by atoms with Crippen molar-refractivity contribution in [2.75, 3.05) is 19.6 Å². The van der Waals surface area contributed by atoms with Gasteiger partial charge < -0.3 is 10.0 Å². The average molecular weight is 185 g/mol. The molecule has 0 bridgehead atoms. The Labute approximate surface area is 81.9 Å². The van der Waals surface area contributed by atoms with E-state index in [0.29, 0.717) is 0 Å². The fourth-order valence-electron chi connectivity index (χ4n) is 2.39. The minimum absolute atomic E-state index is 0.164. The molecule has 0 aliphatic carbocycles. The summed E-state index contributed by atoms with van der Waals surface area (Å²) in [6.45, 7) is 9.70. The summed E-state index contributed by atoms with van der Waals surface area (Å²) in [7, 11) is 0. The number of hydrogen-bond donors (Lipinski definition) is 1. The van der Waals surface area contributed by atoms with E-state index in [1.165, 1.54) is 25.9 Å². The number of nitrogens with zero attached hydrogens (tertiary/aromatic N) is 1. The Morgan fingerprint density at radius 2 is 1.85 bits per heavy atom. The van der Waals surface area contributed by atoms with Crippen LogP contribution < -0.4 is 0 Å². The van der Waals surface area contributed by atoms with Crippen molar-refractivity contribution >= 4 is 0 Å². The lowest BCUT2D eigenvalue weighted by atomic mass is 9.82. The third kappa shape index (κ3) is 2.96. The van der Waals surface area contributed by atoms with Gasteiger partial charge in [0.05, 0.1) is 6.10 Å². The predicted molar refractivity (Wildman–Crippen MR) is 55.7 cm³/mol. The number of β-amino-alcohol motifs (C(OH)–C–C–N with tert-alkyl or cyclic N) is 1. The number of aliphatic hydroxyl groups is 1. The topological polar surface area (TPSA) is 23.5 Å². The van der Waals surface area contributed by atoms with Crippen molar-refractivity contribution in [2.24, 2.45) is 11.8 Å². The Bertz CT molecular complexity index is 137. The summed E-state index contributed by atoms with van der Waals surface area (Å²) < 4.78 is 0. The lowest BCUT2D eigenvalue weighted by Crippen LogP contribution is -2.51. The molecule has 1 aliphatic heterocycles. The van der Waals surface area contributed by atoms with Gasteiger partial charge in [-0.2, -0.15) is 0 Å². The van der Waals surface area contributed by atoms with Crippen molar-refractivity contribution in [1.82, 2.24) is 4.90 Å². The summed E-state index contributed by atoms with van der Waals surface area (Å²) in [5.74, 6) is 1.80. The Balaban J connectivity index is 2.16. The maximum atomic E-state index is 9.19. The van der Waals surface area contributed by atoms with Gasteiger partial charge in [-0.15, -0.1) is 0 Å². The minimum atomic E-state index is -0.164. The van der Waals surface area contributed by atoms with Crippen molar-refractivity contribution in [3.8, 4) is 0 Å². The quantitative estimate of drug-likeness (QED) is 0.705. The highest BCUT2D eigenvalue weighted by Crippen LogP contribution is 2.28. The average Bonchev–Trinajstić information content (AvgIpc) is 2.01. The lowest BCUT2D eigenvalue weighted by Gasteiger charge is -2.43. The lowest BCUT2D eigenvalue weighted by molar-refractivity contribution is 0.0186. The fourth-order valence-corrected chi connectivity index (χ4v) is 2.39. The van der Waals surface area contributed by atoms with E-state index in [9.17, 15) is 5.11 Å². The van der Waals surface area contributed by atoms with E-state index in [1.807, 2.05) is 6.92 Å². The third-order valence-corrected chi connectivity index (χ3v) is 3.22. The SMILES string of the molecule is CCC(CC)C1CN(C[C@@H](C)O)C1. The van der Waals surface area contributed by atoms with Crippen molar-refractivity contribution < 1.29 is 5.11 Å². The van der Waals surface area contributed by atoms with Crippen LogP contribution in [-0.2, 0) is 0 Å². The molecule has 13 heavy (non-hydrogen) atoms. The molecule has 0 aromatic heterocycles. The van der Waals surface area contributed by atoms with Gasteiger partial charge in [-0.3, -0.25) is 0 Å². The number of hydrogen-bond acceptors (Lipinski definition) is 2. The van der Waals surface area contributed by atoms with E-state index in [-0.39, 0.29) is 6.10 Å². The molecule has 1 heterocycles. The highest BCUT2D eigenvalue weighted by Gasteiger charge is 2.31. The van der Waals surface area contributed by atoms with Crippen LogP contribution in [0.15, 0.2) is 0 Å². The molecule has 1 fully saturated rings. The van der Waals surface area contributed by atoms with Gasteiger partial charge in [-0.25, -0.2) is 0 Å². The molecule has 2 heteroatoms. The summed E-state index contributed by atoms with van der Waals surface area (Å²) in [6.07, 6.45) is 2.45. The van der Waals surface area contributed by atoms with Crippen molar-refractivity contribution in [1.29, 1.82) is 0 Å².